The first kappa shape index (κ1) is 18.4. The average Bonchev–Trinajstić information content (AvgIpc) is 3.16. The molecule has 0 spiro atoms. The summed E-state index contributed by atoms with van der Waals surface area (Å²) >= 11 is 0. The zero-order valence-electron chi connectivity index (χ0n) is 14.7. The molecule has 0 unspecified atom stereocenters. The molecular formula is C19H22N2O4S. The fraction of sp³-hybridized carbons (Fsp3) is 0.368. The number of amides is 1. The van der Waals surface area contributed by atoms with E-state index in [-0.39, 0.29) is 29.9 Å². The molecule has 6 nitrogen and oxygen atoms in total. The Bertz CT molecular complexity index is 903. The van der Waals surface area contributed by atoms with Crippen LogP contribution in [0.25, 0.3) is 11.5 Å². The van der Waals surface area contributed by atoms with Crippen molar-refractivity contribution in [2.45, 2.75) is 25.8 Å². The van der Waals surface area contributed by atoms with Crippen LogP contribution in [-0.4, -0.2) is 48.3 Å². The highest BCUT2D eigenvalue weighted by Crippen LogP contribution is 2.23. The van der Waals surface area contributed by atoms with Crippen molar-refractivity contribution >= 4 is 15.7 Å². The number of hydrogen-bond acceptors (Lipinski definition) is 5. The molecule has 2 heterocycles. The molecule has 0 bridgehead atoms. The van der Waals surface area contributed by atoms with Gasteiger partial charge in [-0.25, -0.2) is 13.4 Å². The molecule has 7 heteroatoms. The normalized spacial score (nSPS) is 18.6. The van der Waals surface area contributed by atoms with Gasteiger partial charge in [-0.2, -0.15) is 0 Å². The zero-order chi connectivity index (χ0) is 18.7. The molecule has 0 N–H and O–H groups in total. The van der Waals surface area contributed by atoms with Gasteiger partial charge >= 0.3 is 0 Å². The van der Waals surface area contributed by atoms with Crippen LogP contribution >= 0.6 is 0 Å². The maximum atomic E-state index is 12.8. The second-order valence-electron chi connectivity index (χ2n) is 6.46. The van der Waals surface area contributed by atoms with Gasteiger partial charge in [0.05, 0.1) is 23.6 Å². The van der Waals surface area contributed by atoms with Gasteiger partial charge in [0.25, 0.3) is 0 Å². The van der Waals surface area contributed by atoms with Crippen molar-refractivity contribution < 1.29 is 17.6 Å². The van der Waals surface area contributed by atoms with Gasteiger partial charge in [-0.15, -0.1) is 6.58 Å². The minimum atomic E-state index is -3.07. The van der Waals surface area contributed by atoms with E-state index < -0.39 is 9.84 Å². The number of carbonyl (C=O) groups is 1. The third kappa shape index (κ3) is 4.04. The van der Waals surface area contributed by atoms with E-state index in [0.717, 1.165) is 5.56 Å². The van der Waals surface area contributed by atoms with Crippen molar-refractivity contribution in [1.82, 2.24) is 9.88 Å². The van der Waals surface area contributed by atoms with Gasteiger partial charge in [0.1, 0.15) is 5.76 Å². The summed E-state index contributed by atoms with van der Waals surface area (Å²) in [5, 5.41) is 0. The Hall–Kier alpha value is -2.41. The Kier molecular flexibility index (Phi) is 5.27. The summed E-state index contributed by atoms with van der Waals surface area (Å²) in [6.45, 7) is 5.78. The highest BCUT2D eigenvalue weighted by molar-refractivity contribution is 7.91. The number of rotatable bonds is 6. The molecule has 1 aliphatic rings. The monoisotopic (exact) mass is 374 g/mol. The summed E-state index contributed by atoms with van der Waals surface area (Å²) in [6, 6.07) is 9.19. The fourth-order valence-corrected chi connectivity index (χ4v) is 4.89. The topological polar surface area (TPSA) is 80.5 Å². The molecule has 0 saturated carbocycles. The van der Waals surface area contributed by atoms with Crippen LogP contribution in [0.3, 0.4) is 0 Å². The van der Waals surface area contributed by atoms with Gasteiger partial charge in [-0.3, -0.25) is 4.79 Å². The molecule has 1 saturated heterocycles. The maximum Gasteiger partial charge on any atom is 0.229 e. The predicted molar refractivity (Wildman–Crippen MR) is 99.3 cm³/mol. The quantitative estimate of drug-likeness (QED) is 0.725. The Morgan fingerprint density at radius 1 is 1.38 bits per heavy atom. The van der Waals surface area contributed by atoms with Gasteiger partial charge in [0.15, 0.2) is 9.84 Å². The minimum Gasteiger partial charge on any atom is -0.441 e. The Morgan fingerprint density at radius 2 is 2.12 bits per heavy atom. The molecule has 138 valence electrons. The van der Waals surface area contributed by atoms with Crippen LogP contribution in [0.4, 0.5) is 0 Å². The molecule has 2 aromatic rings. The Labute approximate surface area is 153 Å². The standard InChI is InChI=1S/C19H22N2O4S/c1-3-10-21(16-9-11-26(23,24)13-16)18(22)12-17-14(2)25-19(20-17)15-7-5-4-6-8-15/h3-8,16H,1,9-13H2,2H3/t16-/m0/s1. The van der Waals surface area contributed by atoms with E-state index in [0.29, 0.717) is 30.3 Å². The van der Waals surface area contributed by atoms with E-state index >= 15 is 0 Å². The summed E-state index contributed by atoms with van der Waals surface area (Å²) in [4.78, 5) is 18.9. The third-order valence-electron chi connectivity index (χ3n) is 4.53. The maximum absolute atomic E-state index is 12.8. The van der Waals surface area contributed by atoms with E-state index in [4.69, 9.17) is 4.42 Å². The predicted octanol–water partition coefficient (Wildman–Crippen LogP) is 2.39. The number of carbonyl (C=O) groups excluding carboxylic acids is 1. The molecule has 1 aromatic heterocycles. The largest absolute Gasteiger partial charge is 0.441 e. The highest BCUT2D eigenvalue weighted by Gasteiger charge is 2.34. The molecule has 1 amide bonds. The Balaban J connectivity index is 1.77. The first-order valence-electron chi connectivity index (χ1n) is 8.52. The highest BCUT2D eigenvalue weighted by atomic mass is 32.2. The lowest BCUT2D eigenvalue weighted by Gasteiger charge is -2.26. The van der Waals surface area contributed by atoms with Crippen molar-refractivity contribution in [3.8, 4) is 11.5 Å². The number of nitrogens with zero attached hydrogens (tertiary/aromatic N) is 2. The first-order valence-corrected chi connectivity index (χ1v) is 10.3. The number of benzene rings is 1. The number of aryl methyl sites for hydroxylation is 1. The van der Waals surface area contributed by atoms with Crippen molar-refractivity contribution in [3.05, 3.63) is 54.4 Å². The number of aromatic nitrogens is 1. The lowest BCUT2D eigenvalue weighted by molar-refractivity contribution is -0.131. The van der Waals surface area contributed by atoms with Crippen molar-refractivity contribution in [2.75, 3.05) is 18.1 Å². The molecule has 26 heavy (non-hydrogen) atoms. The van der Waals surface area contributed by atoms with E-state index in [9.17, 15) is 13.2 Å². The van der Waals surface area contributed by atoms with E-state index in [1.165, 1.54) is 0 Å². The van der Waals surface area contributed by atoms with Crippen LogP contribution in [-0.2, 0) is 21.1 Å². The summed E-state index contributed by atoms with van der Waals surface area (Å²) in [5.74, 6) is 1.04. The molecule has 1 aliphatic heterocycles. The third-order valence-corrected chi connectivity index (χ3v) is 6.28. The van der Waals surface area contributed by atoms with Crippen molar-refractivity contribution in [2.24, 2.45) is 0 Å². The van der Waals surface area contributed by atoms with E-state index in [1.807, 2.05) is 30.3 Å². The second kappa shape index (κ2) is 7.45. The van der Waals surface area contributed by atoms with Crippen LogP contribution in [0.2, 0.25) is 0 Å². The van der Waals surface area contributed by atoms with Gasteiger partial charge in [-0.05, 0) is 25.5 Å². The molecule has 1 atom stereocenters. The fourth-order valence-electron chi connectivity index (χ4n) is 3.16. The zero-order valence-corrected chi connectivity index (χ0v) is 15.5. The summed E-state index contributed by atoms with van der Waals surface area (Å²) in [7, 11) is -3.07. The summed E-state index contributed by atoms with van der Waals surface area (Å²) in [5.41, 5.74) is 1.42. The minimum absolute atomic E-state index is 0.0135. The molecule has 0 aliphatic carbocycles. The van der Waals surface area contributed by atoms with Crippen LogP contribution in [0.5, 0.6) is 0 Å². The van der Waals surface area contributed by atoms with Crippen LogP contribution < -0.4 is 0 Å². The summed E-state index contributed by atoms with van der Waals surface area (Å²) < 4.78 is 29.2. The van der Waals surface area contributed by atoms with Crippen LogP contribution in [0, 0.1) is 6.92 Å². The molecule has 1 aromatic carbocycles. The SMILES string of the molecule is C=CCN(C(=O)Cc1nc(-c2ccccc2)oc1C)[C@H]1CCS(=O)(=O)C1. The molecular weight excluding hydrogens is 352 g/mol. The average molecular weight is 374 g/mol. The van der Waals surface area contributed by atoms with Gasteiger partial charge in [-0.1, -0.05) is 24.3 Å². The number of oxazole rings is 1. The van der Waals surface area contributed by atoms with Gasteiger partial charge in [0.2, 0.25) is 11.8 Å². The lowest BCUT2D eigenvalue weighted by Crippen LogP contribution is -2.42. The van der Waals surface area contributed by atoms with Gasteiger partial charge < -0.3 is 9.32 Å². The van der Waals surface area contributed by atoms with Crippen molar-refractivity contribution in [1.29, 1.82) is 0 Å². The number of sulfone groups is 1. The van der Waals surface area contributed by atoms with E-state index in [1.54, 1.807) is 17.9 Å². The molecule has 0 radical (unpaired) electrons. The molecule has 3 rings (SSSR count). The second-order valence-corrected chi connectivity index (χ2v) is 8.69. The molecule has 1 fully saturated rings. The van der Waals surface area contributed by atoms with Crippen molar-refractivity contribution in [3.63, 3.8) is 0 Å². The van der Waals surface area contributed by atoms with Crippen LogP contribution in [0.1, 0.15) is 17.9 Å². The Morgan fingerprint density at radius 3 is 2.73 bits per heavy atom. The van der Waals surface area contributed by atoms with Crippen LogP contribution in [0.15, 0.2) is 47.4 Å². The smallest absolute Gasteiger partial charge is 0.229 e. The summed E-state index contributed by atoms with van der Waals surface area (Å²) in [6.07, 6.45) is 2.16. The lowest BCUT2D eigenvalue weighted by atomic mass is 10.1. The van der Waals surface area contributed by atoms with E-state index in [2.05, 4.69) is 11.6 Å². The van der Waals surface area contributed by atoms with Gasteiger partial charge in [0, 0.05) is 18.2 Å². The first-order chi connectivity index (χ1) is 12.4. The number of hydrogen-bond donors (Lipinski definition) is 0.